The number of hydrogen-bond donors (Lipinski definition) is 2. The number of para-hydroxylation sites is 1. The fourth-order valence-electron chi connectivity index (χ4n) is 3.71. The van der Waals surface area contributed by atoms with Crippen LogP contribution in [-0.2, 0) is 0 Å². The predicted octanol–water partition coefficient (Wildman–Crippen LogP) is 4.05. The Labute approximate surface area is 181 Å². The molecule has 1 aliphatic rings. The molecule has 2 heterocycles. The maximum Gasteiger partial charge on any atom is 0.335 e. The maximum atomic E-state index is 13.3. The highest BCUT2D eigenvalue weighted by Gasteiger charge is 2.24. The zero-order chi connectivity index (χ0) is 22.2. The van der Waals surface area contributed by atoms with Crippen LogP contribution < -0.4 is 11.2 Å². The van der Waals surface area contributed by atoms with Crippen molar-refractivity contribution in [1.29, 1.82) is 0 Å². The molecule has 1 aromatic heterocycles. The molecule has 7 heteroatoms. The summed E-state index contributed by atoms with van der Waals surface area (Å²) in [4.78, 5) is 32.0. The van der Waals surface area contributed by atoms with Crippen LogP contribution in [0.2, 0.25) is 0 Å². The van der Waals surface area contributed by atoms with Crippen molar-refractivity contribution in [2.75, 3.05) is 0 Å². The second kappa shape index (κ2) is 7.63. The van der Waals surface area contributed by atoms with Crippen molar-refractivity contribution in [2.24, 2.45) is 4.99 Å². The molecule has 32 heavy (non-hydrogen) atoms. The number of nitrogens with zero attached hydrogens (tertiary/aromatic N) is 2. The Hall–Kier alpha value is -4.52. The lowest BCUT2D eigenvalue weighted by atomic mass is 9.96. The van der Waals surface area contributed by atoms with E-state index in [0.29, 0.717) is 11.3 Å². The Morgan fingerprint density at radius 2 is 1.59 bits per heavy atom. The monoisotopic (exact) mass is 425 g/mol. The van der Waals surface area contributed by atoms with Crippen molar-refractivity contribution in [3.8, 4) is 11.6 Å². The Morgan fingerprint density at radius 1 is 0.906 bits per heavy atom. The summed E-state index contributed by atoms with van der Waals surface area (Å²) in [6.45, 7) is 0. The minimum absolute atomic E-state index is 0.107. The van der Waals surface area contributed by atoms with Gasteiger partial charge in [0.25, 0.3) is 5.56 Å². The molecular formula is C25H16FN3O3. The van der Waals surface area contributed by atoms with E-state index in [9.17, 15) is 19.1 Å². The van der Waals surface area contributed by atoms with E-state index in [4.69, 9.17) is 4.99 Å². The summed E-state index contributed by atoms with van der Waals surface area (Å²) < 4.78 is 14.3. The molecule has 0 unspecified atom stereocenters. The maximum absolute atomic E-state index is 13.3. The minimum atomic E-state index is -0.829. The molecule has 0 saturated carbocycles. The summed E-state index contributed by atoms with van der Waals surface area (Å²) in [5.74, 6) is -1.03. The number of H-pyrrole nitrogens is 1. The van der Waals surface area contributed by atoms with Gasteiger partial charge in [0.1, 0.15) is 11.4 Å². The van der Waals surface area contributed by atoms with Gasteiger partial charge >= 0.3 is 5.69 Å². The number of aromatic hydroxyl groups is 1. The molecule has 6 nitrogen and oxygen atoms in total. The van der Waals surface area contributed by atoms with Gasteiger partial charge in [0.2, 0.25) is 5.88 Å². The van der Waals surface area contributed by atoms with Gasteiger partial charge in [0.15, 0.2) is 0 Å². The largest absolute Gasteiger partial charge is 0.494 e. The Balaban J connectivity index is 1.74. The molecule has 0 radical (unpaired) electrons. The van der Waals surface area contributed by atoms with Crippen LogP contribution in [0, 0.1) is 5.82 Å². The van der Waals surface area contributed by atoms with E-state index < -0.39 is 22.9 Å². The third-order valence-corrected chi connectivity index (χ3v) is 5.22. The highest BCUT2D eigenvalue weighted by molar-refractivity contribution is 6.39. The first-order valence-electron chi connectivity index (χ1n) is 9.83. The van der Waals surface area contributed by atoms with Crippen molar-refractivity contribution in [2.45, 2.75) is 0 Å². The van der Waals surface area contributed by atoms with Crippen molar-refractivity contribution >= 4 is 23.0 Å². The lowest BCUT2D eigenvalue weighted by Gasteiger charge is -2.11. The molecule has 2 N–H and O–H groups in total. The molecule has 1 aliphatic heterocycles. The van der Waals surface area contributed by atoms with Crippen LogP contribution in [-0.4, -0.2) is 20.4 Å². The smallest absolute Gasteiger partial charge is 0.335 e. The Kier molecular flexibility index (Phi) is 4.63. The van der Waals surface area contributed by atoms with Gasteiger partial charge in [0, 0.05) is 16.7 Å². The van der Waals surface area contributed by atoms with Crippen molar-refractivity contribution in [1.82, 2.24) is 9.55 Å². The number of hydrogen-bond acceptors (Lipinski definition) is 4. The first-order chi connectivity index (χ1) is 15.5. The number of aliphatic imine (C=N–C) groups is 1. The zero-order valence-electron chi connectivity index (χ0n) is 16.6. The number of aromatic nitrogens is 2. The van der Waals surface area contributed by atoms with Gasteiger partial charge < -0.3 is 5.11 Å². The van der Waals surface area contributed by atoms with Gasteiger partial charge in [-0.05, 0) is 36.4 Å². The van der Waals surface area contributed by atoms with E-state index in [1.807, 2.05) is 54.6 Å². The van der Waals surface area contributed by atoms with Crippen LogP contribution in [0.15, 0.2) is 93.4 Å². The topological polar surface area (TPSA) is 87.5 Å². The molecule has 0 spiro atoms. The standard InChI is InChI=1S/C25H16FN3O3/c26-16-10-12-17(13-11-16)29-24(31)20(23(30)28-25(29)32)14-19-18-8-4-5-9-21(18)27-22(19)15-6-2-1-3-7-15/h1-14,31H,(H,28,30,32). The van der Waals surface area contributed by atoms with Crippen molar-refractivity contribution < 1.29 is 9.50 Å². The van der Waals surface area contributed by atoms with Gasteiger partial charge in [0.05, 0.1) is 17.1 Å². The van der Waals surface area contributed by atoms with E-state index >= 15 is 0 Å². The highest BCUT2D eigenvalue weighted by Crippen LogP contribution is 2.38. The molecule has 4 aromatic rings. The van der Waals surface area contributed by atoms with Crippen molar-refractivity contribution in [3.63, 3.8) is 0 Å². The minimum Gasteiger partial charge on any atom is -0.494 e. The quantitative estimate of drug-likeness (QED) is 0.519. The average Bonchev–Trinajstić information content (AvgIpc) is 3.17. The lowest BCUT2D eigenvalue weighted by Crippen LogP contribution is -2.30. The van der Waals surface area contributed by atoms with Crippen LogP contribution in [0.1, 0.15) is 16.7 Å². The van der Waals surface area contributed by atoms with E-state index in [-0.39, 0.29) is 11.3 Å². The lowest BCUT2D eigenvalue weighted by molar-refractivity contribution is 0.429. The fourth-order valence-corrected chi connectivity index (χ4v) is 3.71. The number of fused-ring (bicyclic) bond motifs is 1. The van der Waals surface area contributed by atoms with Crippen LogP contribution in [0.3, 0.4) is 0 Å². The first kappa shape index (κ1) is 19.4. The van der Waals surface area contributed by atoms with E-state index in [2.05, 4.69) is 4.98 Å². The fraction of sp³-hybridized carbons (Fsp3) is 0. The zero-order valence-corrected chi connectivity index (χ0v) is 16.6. The van der Waals surface area contributed by atoms with E-state index in [1.54, 1.807) is 0 Å². The second-order valence-electron chi connectivity index (χ2n) is 7.21. The third-order valence-electron chi connectivity index (χ3n) is 5.22. The van der Waals surface area contributed by atoms with Crippen LogP contribution in [0.25, 0.3) is 17.3 Å². The highest BCUT2D eigenvalue weighted by atomic mass is 19.1. The summed E-state index contributed by atoms with van der Waals surface area (Å²) in [5.41, 5.74) is 2.20. The number of benzene rings is 3. The molecule has 5 rings (SSSR count). The summed E-state index contributed by atoms with van der Waals surface area (Å²) in [6.07, 6.45) is 1.52. The number of allylic oxidation sites excluding steroid dienone is 1. The first-order valence-corrected chi connectivity index (χ1v) is 9.83. The van der Waals surface area contributed by atoms with Gasteiger partial charge in [-0.25, -0.2) is 18.7 Å². The third kappa shape index (κ3) is 3.26. The number of nitrogens with one attached hydrogen (secondary N) is 1. The molecule has 0 saturated heterocycles. The summed E-state index contributed by atoms with van der Waals surface area (Å²) in [5, 5.41) is 10.9. The van der Waals surface area contributed by atoms with E-state index in [1.165, 1.54) is 18.2 Å². The number of halogens is 1. The number of aromatic amines is 1. The van der Waals surface area contributed by atoms with Gasteiger partial charge in [-0.2, -0.15) is 0 Å². The number of rotatable bonds is 3. The van der Waals surface area contributed by atoms with E-state index in [0.717, 1.165) is 33.5 Å². The molecule has 0 amide bonds. The molecule has 0 aliphatic carbocycles. The summed E-state index contributed by atoms with van der Waals surface area (Å²) in [6, 6.07) is 22.0. The Morgan fingerprint density at radius 3 is 2.34 bits per heavy atom. The SMILES string of the molecule is O=c1[nH]c(=O)n(-c2ccc(F)cc2)c(O)c1C=C1C(c2ccccc2)=Nc2ccccc21. The molecule has 0 atom stereocenters. The van der Waals surface area contributed by atoms with Crippen LogP contribution in [0.4, 0.5) is 10.1 Å². The molecule has 3 aromatic carbocycles. The van der Waals surface area contributed by atoms with Gasteiger partial charge in [-0.15, -0.1) is 0 Å². The summed E-state index contributed by atoms with van der Waals surface area (Å²) in [7, 11) is 0. The van der Waals surface area contributed by atoms with Crippen LogP contribution in [0.5, 0.6) is 5.88 Å². The molecule has 156 valence electrons. The molecule has 0 fully saturated rings. The second-order valence-corrected chi connectivity index (χ2v) is 7.21. The normalized spacial score (nSPS) is 13.8. The average molecular weight is 425 g/mol. The predicted molar refractivity (Wildman–Crippen MR) is 121 cm³/mol. The molecular weight excluding hydrogens is 409 g/mol. The van der Waals surface area contributed by atoms with Gasteiger partial charge in [-0.3, -0.25) is 9.78 Å². The van der Waals surface area contributed by atoms with Crippen molar-refractivity contribution in [3.05, 3.63) is 122 Å². The summed E-state index contributed by atoms with van der Waals surface area (Å²) >= 11 is 0. The van der Waals surface area contributed by atoms with Gasteiger partial charge in [-0.1, -0.05) is 48.5 Å². The molecule has 0 bridgehead atoms. The Bertz CT molecular complexity index is 1520. The van der Waals surface area contributed by atoms with Crippen LogP contribution >= 0.6 is 0 Å².